The van der Waals surface area contributed by atoms with Gasteiger partial charge in [0.2, 0.25) is 17.7 Å². The lowest BCUT2D eigenvalue weighted by Crippen LogP contribution is -2.35. The van der Waals surface area contributed by atoms with Crippen molar-refractivity contribution in [2.24, 2.45) is 11.8 Å². The first-order valence-electron chi connectivity index (χ1n) is 6.93. The first-order valence-corrected chi connectivity index (χ1v) is 6.93. The lowest BCUT2D eigenvalue weighted by molar-refractivity contribution is -0.139. The summed E-state index contributed by atoms with van der Waals surface area (Å²) in [4.78, 5) is 47.0. The maximum atomic E-state index is 12.0. The number of ketones is 1. The number of nitrogens with zero attached hydrogens (tertiary/aromatic N) is 1. The van der Waals surface area contributed by atoms with Crippen LogP contribution in [0.25, 0.3) is 0 Å². The molecule has 1 saturated heterocycles. The maximum Gasteiger partial charge on any atom is 0.233 e. The molecule has 20 heavy (non-hydrogen) atoms. The Morgan fingerprint density at radius 3 is 2.50 bits per heavy atom. The topological polar surface area (TPSA) is 83.6 Å². The molecule has 1 heterocycles. The molecule has 1 fully saturated rings. The van der Waals surface area contributed by atoms with E-state index in [0.717, 1.165) is 0 Å². The second kappa shape index (κ2) is 7.17. The third-order valence-electron chi connectivity index (χ3n) is 3.37. The standard InChI is InChI=1S/C14H22N2O4/c1-9(2)11-8-13(19)16(14(11)20)6-4-5-15-12(18)7-10(3)17/h9,11H,4-8H2,1-3H3,(H,15,18). The molecule has 1 unspecified atom stereocenters. The van der Waals surface area contributed by atoms with Crippen LogP contribution in [0.5, 0.6) is 0 Å². The number of nitrogens with one attached hydrogen (secondary N) is 1. The zero-order valence-corrected chi connectivity index (χ0v) is 12.3. The van der Waals surface area contributed by atoms with Crippen molar-refractivity contribution in [1.29, 1.82) is 0 Å². The maximum absolute atomic E-state index is 12.0. The van der Waals surface area contributed by atoms with Crippen LogP contribution in [-0.2, 0) is 19.2 Å². The van der Waals surface area contributed by atoms with E-state index in [1.807, 2.05) is 13.8 Å². The monoisotopic (exact) mass is 282 g/mol. The van der Waals surface area contributed by atoms with E-state index < -0.39 is 0 Å². The van der Waals surface area contributed by atoms with Crippen molar-refractivity contribution in [2.45, 2.75) is 40.0 Å². The summed E-state index contributed by atoms with van der Waals surface area (Å²) >= 11 is 0. The van der Waals surface area contributed by atoms with E-state index >= 15 is 0 Å². The molecule has 0 saturated carbocycles. The molecule has 3 amide bonds. The normalized spacial score (nSPS) is 18.8. The fourth-order valence-corrected chi connectivity index (χ4v) is 2.22. The highest BCUT2D eigenvalue weighted by atomic mass is 16.2. The molecule has 1 aliphatic rings. The number of amides is 3. The molecule has 0 aromatic heterocycles. The Morgan fingerprint density at radius 2 is 2.00 bits per heavy atom. The quantitative estimate of drug-likeness (QED) is 0.419. The summed E-state index contributed by atoms with van der Waals surface area (Å²) in [5, 5.41) is 2.59. The third-order valence-corrected chi connectivity index (χ3v) is 3.37. The minimum absolute atomic E-state index is 0.111. The first kappa shape index (κ1) is 16.3. The molecule has 6 nitrogen and oxygen atoms in total. The van der Waals surface area contributed by atoms with Gasteiger partial charge in [0.25, 0.3) is 0 Å². The number of hydrogen-bond donors (Lipinski definition) is 1. The molecule has 0 aliphatic carbocycles. The Morgan fingerprint density at radius 1 is 1.35 bits per heavy atom. The molecule has 0 aromatic carbocycles. The summed E-state index contributed by atoms with van der Waals surface area (Å²) in [5.41, 5.74) is 0. The number of carbonyl (C=O) groups excluding carboxylic acids is 4. The summed E-state index contributed by atoms with van der Waals surface area (Å²) in [6.45, 7) is 5.90. The number of carbonyl (C=O) groups is 4. The fourth-order valence-electron chi connectivity index (χ4n) is 2.22. The summed E-state index contributed by atoms with van der Waals surface area (Å²) in [6, 6.07) is 0. The van der Waals surface area contributed by atoms with Crippen LogP contribution in [0, 0.1) is 11.8 Å². The number of rotatable bonds is 7. The highest BCUT2D eigenvalue weighted by Gasteiger charge is 2.39. The van der Waals surface area contributed by atoms with Gasteiger partial charge in [0, 0.05) is 25.4 Å². The molecule has 1 aliphatic heterocycles. The van der Waals surface area contributed by atoms with Crippen molar-refractivity contribution in [3.63, 3.8) is 0 Å². The Kier molecular flexibility index (Phi) is 5.85. The van der Waals surface area contributed by atoms with Gasteiger partial charge in [-0.1, -0.05) is 13.8 Å². The summed E-state index contributed by atoms with van der Waals surface area (Å²) in [7, 11) is 0. The molecular formula is C14H22N2O4. The smallest absolute Gasteiger partial charge is 0.233 e. The molecular weight excluding hydrogens is 260 g/mol. The lowest BCUT2D eigenvalue weighted by atomic mass is 9.94. The van der Waals surface area contributed by atoms with Gasteiger partial charge < -0.3 is 5.32 Å². The van der Waals surface area contributed by atoms with Crippen molar-refractivity contribution in [3.05, 3.63) is 0 Å². The lowest BCUT2D eigenvalue weighted by Gasteiger charge is -2.16. The van der Waals surface area contributed by atoms with Crippen molar-refractivity contribution in [3.8, 4) is 0 Å². The van der Waals surface area contributed by atoms with Crippen LogP contribution in [0.4, 0.5) is 0 Å². The predicted octanol–water partition coefficient (Wildman–Crippen LogP) is 0.503. The van der Waals surface area contributed by atoms with Crippen molar-refractivity contribution in [2.75, 3.05) is 13.1 Å². The van der Waals surface area contributed by atoms with Gasteiger partial charge in [0.15, 0.2) is 0 Å². The SMILES string of the molecule is CC(=O)CC(=O)NCCCN1C(=O)CC(C(C)C)C1=O. The Labute approximate surface area is 118 Å². The summed E-state index contributed by atoms with van der Waals surface area (Å²) in [5.74, 6) is -0.811. The van der Waals surface area contributed by atoms with Gasteiger partial charge in [-0.25, -0.2) is 0 Å². The highest BCUT2D eigenvalue weighted by Crippen LogP contribution is 2.26. The van der Waals surface area contributed by atoms with Crippen LogP contribution in [0.2, 0.25) is 0 Å². The van der Waals surface area contributed by atoms with E-state index in [1.54, 1.807) is 0 Å². The van der Waals surface area contributed by atoms with Crippen LogP contribution >= 0.6 is 0 Å². The number of hydrogen-bond acceptors (Lipinski definition) is 4. The van der Waals surface area contributed by atoms with Crippen LogP contribution in [0.3, 0.4) is 0 Å². The molecule has 0 aromatic rings. The molecule has 112 valence electrons. The van der Waals surface area contributed by atoms with Crippen LogP contribution in [0.15, 0.2) is 0 Å². The second-order valence-electron chi connectivity index (χ2n) is 5.52. The third kappa shape index (κ3) is 4.43. The van der Waals surface area contributed by atoms with Gasteiger partial charge in [0.05, 0.1) is 6.42 Å². The van der Waals surface area contributed by atoms with E-state index in [9.17, 15) is 19.2 Å². The van der Waals surface area contributed by atoms with Crippen LogP contribution in [-0.4, -0.2) is 41.5 Å². The minimum atomic E-state index is -0.323. The van der Waals surface area contributed by atoms with Gasteiger partial charge in [-0.15, -0.1) is 0 Å². The zero-order valence-electron chi connectivity index (χ0n) is 12.3. The van der Waals surface area contributed by atoms with Gasteiger partial charge in [-0.2, -0.15) is 0 Å². The van der Waals surface area contributed by atoms with E-state index in [0.29, 0.717) is 19.5 Å². The van der Waals surface area contributed by atoms with E-state index in [2.05, 4.69) is 5.32 Å². The number of likely N-dealkylation sites (tertiary alicyclic amines) is 1. The largest absolute Gasteiger partial charge is 0.356 e. The first-order chi connectivity index (χ1) is 9.32. The molecule has 0 radical (unpaired) electrons. The zero-order chi connectivity index (χ0) is 15.3. The summed E-state index contributed by atoms with van der Waals surface area (Å²) < 4.78 is 0. The fraction of sp³-hybridized carbons (Fsp3) is 0.714. The van der Waals surface area contributed by atoms with Gasteiger partial charge in [-0.05, 0) is 19.3 Å². The predicted molar refractivity (Wildman–Crippen MR) is 72.6 cm³/mol. The Hall–Kier alpha value is -1.72. The number of Topliss-reactive ketones (excluding diaryl/α,β-unsaturated/α-hetero) is 1. The van der Waals surface area contributed by atoms with Crippen LogP contribution in [0.1, 0.15) is 40.0 Å². The van der Waals surface area contributed by atoms with E-state index in [4.69, 9.17) is 0 Å². The molecule has 0 spiro atoms. The Bertz CT molecular complexity index is 417. The van der Waals surface area contributed by atoms with Gasteiger partial charge >= 0.3 is 0 Å². The van der Waals surface area contributed by atoms with E-state index in [1.165, 1.54) is 11.8 Å². The molecule has 1 rings (SSSR count). The average molecular weight is 282 g/mol. The van der Waals surface area contributed by atoms with Gasteiger partial charge in [0.1, 0.15) is 5.78 Å². The molecule has 0 bridgehead atoms. The second-order valence-corrected chi connectivity index (χ2v) is 5.52. The highest BCUT2D eigenvalue weighted by molar-refractivity contribution is 6.03. The summed E-state index contributed by atoms with van der Waals surface area (Å²) in [6.07, 6.45) is 0.663. The molecule has 1 atom stereocenters. The molecule has 1 N–H and O–H groups in total. The van der Waals surface area contributed by atoms with Crippen molar-refractivity contribution in [1.82, 2.24) is 10.2 Å². The van der Waals surface area contributed by atoms with Crippen molar-refractivity contribution < 1.29 is 19.2 Å². The Balaban J connectivity index is 2.32. The average Bonchev–Trinajstić information content (AvgIpc) is 2.60. The van der Waals surface area contributed by atoms with Crippen LogP contribution < -0.4 is 5.32 Å². The minimum Gasteiger partial charge on any atom is -0.356 e. The van der Waals surface area contributed by atoms with E-state index in [-0.39, 0.29) is 48.2 Å². The van der Waals surface area contributed by atoms with Crippen molar-refractivity contribution >= 4 is 23.5 Å². The number of imide groups is 1. The van der Waals surface area contributed by atoms with Gasteiger partial charge in [-0.3, -0.25) is 24.1 Å². The molecule has 6 heteroatoms.